The topological polar surface area (TPSA) is 53.9 Å². The van der Waals surface area contributed by atoms with Crippen molar-refractivity contribution in [2.75, 3.05) is 33.8 Å². The predicted molar refractivity (Wildman–Crippen MR) is 110 cm³/mol. The summed E-state index contributed by atoms with van der Waals surface area (Å²) in [6, 6.07) is 10.7. The maximum Gasteiger partial charge on any atom is 0.308 e. The first-order chi connectivity index (χ1) is 11.7. The van der Waals surface area contributed by atoms with Crippen LogP contribution in [0.25, 0.3) is 0 Å². The summed E-state index contributed by atoms with van der Waals surface area (Å²) in [5.74, 6) is 2.28. The third kappa shape index (κ3) is 5.09. The second-order valence-corrected chi connectivity index (χ2v) is 6.73. The average Bonchev–Trinajstić information content (AvgIpc) is 3.42. The van der Waals surface area contributed by atoms with E-state index in [-0.39, 0.29) is 35.9 Å². The lowest BCUT2D eigenvalue weighted by molar-refractivity contribution is -0.146. The molecule has 1 aliphatic heterocycles. The van der Waals surface area contributed by atoms with Gasteiger partial charge in [-0.3, -0.25) is 9.79 Å². The van der Waals surface area contributed by atoms with Gasteiger partial charge in [0.05, 0.1) is 13.0 Å². The molecular formula is C19H28IN3O2. The van der Waals surface area contributed by atoms with E-state index in [2.05, 4.69) is 45.5 Å². The first kappa shape index (κ1) is 20.0. The molecule has 0 bridgehead atoms. The van der Waals surface area contributed by atoms with Crippen LogP contribution >= 0.6 is 24.0 Å². The maximum atomic E-state index is 11.6. The normalized spacial score (nSPS) is 23.6. The van der Waals surface area contributed by atoms with E-state index in [0.717, 1.165) is 38.4 Å². The van der Waals surface area contributed by atoms with Crippen LogP contribution in [0.15, 0.2) is 35.3 Å². The lowest BCUT2D eigenvalue weighted by Crippen LogP contribution is -2.47. The number of piperidine rings is 1. The standard InChI is InChI=1S/C19H27N3O2.HI/c1-20-19(22-10-8-15(9-11-22)18(23)24-2)21-13-16-12-17(16)14-6-4-3-5-7-14;/h3-7,15-17H,8-13H2,1-2H3,(H,20,21);1H. The Morgan fingerprint density at radius 3 is 2.56 bits per heavy atom. The lowest BCUT2D eigenvalue weighted by Gasteiger charge is -2.33. The van der Waals surface area contributed by atoms with Gasteiger partial charge >= 0.3 is 5.97 Å². The highest BCUT2D eigenvalue weighted by molar-refractivity contribution is 14.0. The van der Waals surface area contributed by atoms with Gasteiger partial charge in [0.15, 0.2) is 5.96 Å². The molecule has 1 aromatic carbocycles. The molecule has 0 spiro atoms. The minimum absolute atomic E-state index is 0. The molecule has 0 radical (unpaired) electrons. The van der Waals surface area contributed by atoms with Crippen molar-refractivity contribution in [3.8, 4) is 0 Å². The van der Waals surface area contributed by atoms with E-state index in [0.29, 0.717) is 11.8 Å². The molecule has 25 heavy (non-hydrogen) atoms. The fourth-order valence-corrected chi connectivity index (χ4v) is 3.63. The number of rotatable bonds is 4. The van der Waals surface area contributed by atoms with Crippen LogP contribution in [0.1, 0.15) is 30.7 Å². The first-order valence-electron chi connectivity index (χ1n) is 8.81. The Kier molecular flexibility index (Phi) is 7.53. The largest absolute Gasteiger partial charge is 0.469 e. The third-order valence-electron chi connectivity index (χ3n) is 5.21. The number of nitrogens with zero attached hydrogens (tertiary/aromatic N) is 2. The number of hydrogen-bond donors (Lipinski definition) is 1. The highest BCUT2D eigenvalue weighted by Crippen LogP contribution is 2.46. The van der Waals surface area contributed by atoms with E-state index in [9.17, 15) is 4.79 Å². The smallest absolute Gasteiger partial charge is 0.308 e. The van der Waals surface area contributed by atoms with Gasteiger partial charge in [0, 0.05) is 26.7 Å². The molecule has 2 unspecified atom stereocenters. The number of methoxy groups -OCH3 is 1. The van der Waals surface area contributed by atoms with Gasteiger partial charge in [0.25, 0.3) is 0 Å². The quantitative estimate of drug-likeness (QED) is 0.327. The molecule has 5 nitrogen and oxygen atoms in total. The Hall–Kier alpha value is -1.31. The van der Waals surface area contributed by atoms with Crippen LogP contribution in [-0.4, -0.2) is 50.6 Å². The second-order valence-electron chi connectivity index (χ2n) is 6.73. The number of esters is 1. The number of aliphatic imine (C=N–C) groups is 1. The Bertz CT molecular complexity index is 586. The second kappa shape index (κ2) is 9.40. The molecule has 2 aliphatic rings. The Labute approximate surface area is 167 Å². The lowest BCUT2D eigenvalue weighted by atomic mass is 9.97. The van der Waals surface area contributed by atoms with Crippen molar-refractivity contribution in [3.05, 3.63) is 35.9 Å². The average molecular weight is 457 g/mol. The number of carbonyl (C=O) groups excluding carboxylic acids is 1. The number of carbonyl (C=O) groups is 1. The van der Waals surface area contributed by atoms with Gasteiger partial charge in [0.1, 0.15) is 0 Å². The van der Waals surface area contributed by atoms with Crippen molar-refractivity contribution in [1.29, 1.82) is 0 Å². The van der Waals surface area contributed by atoms with Crippen LogP contribution in [-0.2, 0) is 9.53 Å². The van der Waals surface area contributed by atoms with Gasteiger partial charge in [-0.05, 0) is 36.7 Å². The number of hydrogen-bond acceptors (Lipinski definition) is 3. The van der Waals surface area contributed by atoms with E-state index < -0.39 is 0 Å². The molecule has 1 aromatic rings. The summed E-state index contributed by atoms with van der Waals surface area (Å²) in [5.41, 5.74) is 1.44. The molecule has 1 aliphatic carbocycles. The van der Waals surface area contributed by atoms with Crippen molar-refractivity contribution in [2.45, 2.75) is 25.2 Å². The van der Waals surface area contributed by atoms with Crippen molar-refractivity contribution in [3.63, 3.8) is 0 Å². The summed E-state index contributed by atoms with van der Waals surface area (Å²) in [5, 5.41) is 3.52. The zero-order valence-corrected chi connectivity index (χ0v) is 17.3. The van der Waals surface area contributed by atoms with Crippen molar-refractivity contribution in [2.24, 2.45) is 16.8 Å². The number of halogens is 1. The molecule has 6 heteroatoms. The van der Waals surface area contributed by atoms with Crippen molar-refractivity contribution >= 4 is 35.9 Å². The van der Waals surface area contributed by atoms with Crippen LogP contribution in [0.4, 0.5) is 0 Å². The van der Waals surface area contributed by atoms with Crippen LogP contribution in [0.2, 0.25) is 0 Å². The summed E-state index contributed by atoms with van der Waals surface area (Å²) < 4.78 is 4.85. The summed E-state index contributed by atoms with van der Waals surface area (Å²) in [6.07, 6.45) is 2.92. The number of benzene rings is 1. The molecule has 0 amide bonds. The molecular weight excluding hydrogens is 429 g/mol. The predicted octanol–water partition coefficient (Wildman–Crippen LogP) is 2.87. The van der Waals surface area contributed by atoms with Crippen molar-refractivity contribution in [1.82, 2.24) is 10.2 Å². The minimum Gasteiger partial charge on any atom is -0.469 e. The van der Waals surface area contributed by atoms with Crippen molar-refractivity contribution < 1.29 is 9.53 Å². The highest BCUT2D eigenvalue weighted by Gasteiger charge is 2.38. The highest BCUT2D eigenvalue weighted by atomic mass is 127. The van der Waals surface area contributed by atoms with E-state index >= 15 is 0 Å². The first-order valence-corrected chi connectivity index (χ1v) is 8.81. The van der Waals surface area contributed by atoms with E-state index in [1.165, 1.54) is 19.1 Å². The third-order valence-corrected chi connectivity index (χ3v) is 5.21. The SMILES string of the molecule is CN=C(NCC1CC1c1ccccc1)N1CCC(C(=O)OC)CC1.I. The van der Waals surface area contributed by atoms with E-state index in [1.54, 1.807) is 0 Å². The Morgan fingerprint density at radius 2 is 1.96 bits per heavy atom. The monoisotopic (exact) mass is 457 g/mol. The van der Waals surface area contributed by atoms with Gasteiger partial charge in [-0.2, -0.15) is 0 Å². The van der Waals surface area contributed by atoms with E-state index in [4.69, 9.17) is 4.74 Å². The number of nitrogens with one attached hydrogen (secondary N) is 1. The summed E-state index contributed by atoms with van der Waals surface area (Å²) in [4.78, 5) is 18.3. The van der Waals surface area contributed by atoms with Gasteiger partial charge in [-0.25, -0.2) is 0 Å². The minimum atomic E-state index is -0.0821. The number of likely N-dealkylation sites (tertiary alicyclic amines) is 1. The molecule has 1 N–H and O–H groups in total. The Morgan fingerprint density at radius 1 is 1.28 bits per heavy atom. The molecule has 138 valence electrons. The summed E-state index contributed by atoms with van der Waals surface area (Å²) in [7, 11) is 3.30. The van der Waals surface area contributed by atoms with Gasteiger partial charge in [-0.15, -0.1) is 24.0 Å². The maximum absolute atomic E-state index is 11.6. The zero-order chi connectivity index (χ0) is 16.9. The number of guanidine groups is 1. The molecule has 1 heterocycles. The summed E-state index contributed by atoms with van der Waals surface area (Å²) >= 11 is 0. The fourth-order valence-electron chi connectivity index (χ4n) is 3.63. The summed E-state index contributed by atoms with van der Waals surface area (Å²) in [6.45, 7) is 2.67. The van der Waals surface area contributed by atoms with Crippen LogP contribution in [0, 0.1) is 11.8 Å². The van der Waals surface area contributed by atoms with E-state index in [1.807, 2.05) is 7.05 Å². The molecule has 2 fully saturated rings. The Balaban J connectivity index is 0.00000225. The van der Waals surface area contributed by atoms with Crippen LogP contribution < -0.4 is 5.32 Å². The van der Waals surface area contributed by atoms with Crippen LogP contribution in [0.5, 0.6) is 0 Å². The molecule has 1 saturated heterocycles. The molecule has 3 rings (SSSR count). The molecule has 2 atom stereocenters. The molecule has 1 saturated carbocycles. The zero-order valence-electron chi connectivity index (χ0n) is 15.0. The van der Waals surface area contributed by atoms with Gasteiger partial charge in [0.2, 0.25) is 0 Å². The number of ether oxygens (including phenoxy) is 1. The van der Waals surface area contributed by atoms with Gasteiger partial charge in [-0.1, -0.05) is 30.3 Å². The van der Waals surface area contributed by atoms with Gasteiger partial charge < -0.3 is 15.0 Å². The molecule has 0 aromatic heterocycles. The van der Waals surface area contributed by atoms with Crippen LogP contribution in [0.3, 0.4) is 0 Å². The fraction of sp³-hybridized carbons (Fsp3) is 0.579.